The third-order valence-electron chi connectivity index (χ3n) is 3.97. The van der Waals surface area contributed by atoms with Gasteiger partial charge in [-0.2, -0.15) is 0 Å². The van der Waals surface area contributed by atoms with Crippen LogP contribution in [0.4, 0.5) is 4.79 Å². The fraction of sp³-hybridized carbons (Fsp3) is 0.429. The molecule has 6 nitrogen and oxygen atoms in total. The number of nitrogens with one attached hydrogen (secondary N) is 1. The van der Waals surface area contributed by atoms with E-state index in [0.717, 1.165) is 5.56 Å². The lowest BCUT2D eigenvalue weighted by Gasteiger charge is -2.50. The van der Waals surface area contributed by atoms with Crippen molar-refractivity contribution in [3.8, 4) is 5.75 Å². The normalized spacial score (nSPS) is 27.4. The molecule has 0 spiro atoms. The molecule has 2 amide bonds. The van der Waals surface area contributed by atoms with Crippen LogP contribution in [-0.4, -0.2) is 34.3 Å². The van der Waals surface area contributed by atoms with Crippen LogP contribution in [0.25, 0.3) is 0 Å². The maximum Gasteiger partial charge on any atom is 0.335 e. The zero-order valence-corrected chi connectivity index (χ0v) is 11.3. The van der Waals surface area contributed by atoms with E-state index in [0.29, 0.717) is 18.7 Å². The molecule has 0 saturated carbocycles. The van der Waals surface area contributed by atoms with Gasteiger partial charge in [-0.15, -0.1) is 0 Å². The van der Waals surface area contributed by atoms with Gasteiger partial charge in [0.2, 0.25) is 0 Å². The van der Waals surface area contributed by atoms with E-state index in [4.69, 9.17) is 9.84 Å². The van der Waals surface area contributed by atoms with E-state index >= 15 is 0 Å². The Hall–Kier alpha value is -2.24. The van der Waals surface area contributed by atoms with E-state index in [9.17, 15) is 9.59 Å². The molecular formula is C14H16N2O4. The number of aromatic carboxylic acids is 1. The number of rotatable bonds is 2. The molecule has 3 rings (SSSR count). The molecule has 20 heavy (non-hydrogen) atoms. The second kappa shape index (κ2) is 4.13. The van der Waals surface area contributed by atoms with Crippen molar-refractivity contribution in [3.05, 3.63) is 29.3 Å². The van der Waals surface area contributed by atoms with Gasteiger partial charge >= 0.3 is 12.0 Å². The first-order valence-corrected chi connectivity index (χ1v) is 6.59. The molecule has 2 heterocycles. The van der Waals surface area contributed by atoms with Crippen LogP contribution in [0.3, 0.4) is 0 Å². The van der Waals surface area contributed by atoms with Gasteiger partial charge in [0.15, 0.2) is 5.72 Å². The summed E-state index contributed by atoms with van der Waals surface area (Å²) in [5, 5.41) is 12.0. The van der Waals surface area contributed by atoms with Crippen molar-refractivity contribution in [1.29, 1.82) is 0 Å². The summed E-state index contributed by atoms with van der Waals surface area (Å²) in [5.41, 5.74) is 0.244. The summed E-state index contributed by atoms with van der Waals surface area (Å²) < 4.78 is 5.97. The van der Waals surface area contributed by atoms with Gasteiger partial charge in [-0.3, -0.25) is 4.90 Å². The summed E-state index contributed by atoms with van der Waals surface area (Å²) in [4.78, 5) is 24.8. The Morgan fingerprint density at radius 3 is 3.00 bits per heavy atom. The third-order valence-corrected chi connectivity index (χ3v) is 3.97. The summed E-state index contributed by atoms with van der Waals surface area (Å²) >= 11 is 0. The van der Waals surface area contributed by atoms with E-state index in [1.807, 2.05) is 13.8 Å². The number of amides is 2. The monoisotopic (exact) mass is 276 g/mol. The van der Waals surface area contributed by atoms with Gasteiger partial charge in [0.25, 0.3) is 0 Å². The lowest BCUT2D eigenvalue weighted by atomic mass is 9.89. The lowest BCUT2D eigenvalue weighted by Crippen LogP contribution is -2.64. The number of carboxylic acid groups (broad SMARTS) is 1. The van der Waals surface area contributed by atoms with Crippen molar-refractivity contribution in [2.75, 3.05) is 6.54 Å². The fourth-order valence-corrected chi connectivity index (χ4v) is 3.03. The van der Waals surface area contributed by atoms with Crippen molar-refractivity contribution in [2.24, 2.45) is 0 Å². The molecule has 0 radical (unpaired) electrons. The molecule has 106 valence electrons. The minimum absolute atomic E-state index is 0.183. The Labute approximate surface area is 116 Å². The Morgan fingerprint density at radius 1 is 1.60 bits per heavy atom. The van der Waals surface area contributed by atoms with Crippen molar-refractivity contribution >= 4 is 12.0 Å². The molecular weight excluding hydrogens is 260 g/mol. The highest BCUT2D eigenvalue weighted by Crippen LogP contribution is 2.44. The standard InChI is InChI=1S/C14H16N2O4/c1-3-16-13(19)15-10-7-14(16,2)20-11-5-4-8(12(17)18)6-9(10)11/h4-6,10H,3,7H2,1-2H3,(H,15,19)(H,17,18)/t10-,14-/m0/s1. The van der Waals surface area contributed by atoms with Gasteiger partial charge in [0.05, 0.1) is 11.6 Å². The minimum atomic E-state index is -0.988. The Balaban J connectivity index is 2.07. The number of urea groups is 1. The first kappa shape index (κ1) is 12.8. The molecule has 1 fully saturated rings. The summed E-state index contributed by atoms with van der Waals surface area (Å²) in [7, 11) is 0. The van der Waals surface area contributed by atoms with Crippen LogP contribution in [0.1, 0.15) is 42.2 Å². The van der Waals surface area contributed by atoms with Crippen molar-refractivity contribution in [1.82, 2.24) is 10.2 Å². The molecule has 2 atom stereocenters. The molecule has 2 N–H and O–H groups in total. The van der Waals surface area contributed by atoms with Crippen LogP contribution < -0.4 is 10.1 Å². The highest BCUT2D eigenvalue weighted by Gasteiger charge is 2.48. The number of carboxylic acids is 1. The van der Waals surface area contributed by atoms with Crippen molar-refractivity contribution in [2.45, 2.75) is 32.0 Å². The van der Waals surface area contributed by atoms with Gasteiger partial charge in [0.1, 0.15) is 5.75 Å². The topological polar surface area (TPSA) is 78.9 Å². The molecule has 2 aliphatic rings. The van der Waals surface area contributed by atoms with E-state index in [-0.39, 0.29) is 17.6 Å². The molecule has 0 aliphatic carbocycles. The lowest BCUT2D eigenvalue weighted by molar-refractivity contribution is -0.0815. The number of hydrogen-bond donors (Lipinski definition) is 2. The van der Waals surface area contributed by atoms with E-state index in [2.05, 4.69) is 5.32 Å². The Morgan fingerprint density at radius 2 is 2.35 bits per heavy atom. The SMILES string of the molecule is CCN1C(=O)N[C@H]2C[C@]1(C)Oc1ccc(C(=O)O)cc12. The first-order chi connectivity index (χ1) is 9.44. The van der Waals surface area contributed by atoms with Crippen LogP contribution in [0, 0.1) is 0 Å². The van der Waals surface area contributed by atoms with Gasteiger partial charge in [-0.1, -0.05) is 0 Å². The van der Waals surface area contributed by atoms with Crippen LogP contribution in [0.5, 0.6) is 5.75 Å². The minimum Gasteiger partial charge on any atom is -0.478 e. The van der Waals surface area contributed by atoms with E-state index in [1.165, 1.54) is 6.07 Å². The zero-order valence-electron chi connectivity index (χ0n) is 11.3. The summed E-state index contributed by atoms with van der Waals surface area (Å²) in [6.07, 6.45) is 0.600. The molecule has 1 aromatic carbocycles. The Bertz CT molecular complexity index is 601. The number of fused-ring (bicyclic) bond motifs is 4. The number of benzene rings is 1. The van der Waals surface area contributed by atoms with Crippen LogP contribution in [0.2, 0.25) is 0 Å². The molecule has 0 unspecified atom stereocenters. The average molecular weight is 276 g/mol. The highest BCUT2D eigenvalue weighted by atomic mass is 16.5. The van der Waals surface area contributed by atoms with Gasteiger partial charge in [-0.25, -0.2) is 9.59 Å². The maximum absolute atomic E-state index is 12.1. The first-order valence-electron chi connectivity index (χ1n) is 6.59. The van der Waals surface area contributed by atoms with Gasteiger partial charge < -0.3 is 15.2 Å². The molecule has 1 saturated heterocycles. The number of hydrogen-bond acceptors (Lipinski definition) is 3. The van der Waals surface area contributed by atoms with Crippen LogP contribution >= 0.6 is 0 Å². The molecule has 0 aromatic heterocycles. The number of ether oxygens (including phenoxy) is 1. The fourth-order valence-electron chi connectivity index (χ4n) is 3.03. The molecule has 2 bridgehead atoms. The van der Waals surface area contributed by atoms with Gasteiger partial charge in [0, 0.05) is 18.5 Å². The predicted molar refractivity (Wildman–Crippen MR) is 70.7 cm³/mol. The highest BCUT2D eigenvalue weighted by molar-refractivity contribution is 5.88. The second-order valence-corrected chi connectivity index (χ2v) is 5.29. The number of carbonyl (C=O) groups excluding carboxylic acids is 1. The smallest absolute Gasteiger partial charge is 0.335 e. The van der Waals surface area contributed by atoms with Crippen molar-refractivity contribution in [3.63, 3.8) is 0 Å². The molecule has 6 heteroatoms. The average Bonchev–Trinajstić information content (AvgIpc) is 2.37. The third kappa shape index (κ3) is 1.71. The largest absolute Gasteiger partial charge is 0.478 e. The zero-order chi connectivity index (χ0) is 14.5. The molecule has 2 aliphatic heterocycles. The summed E-state index contributed by atoms with van der Waals surface area (Å²) in [6, 6.07) is 4.36. The summed E-state index contributed by atoms with van der Waals surface area (Å²) in [6.45, 7) is 4.34. The maximum atomic E-state index is 12.1. The number of carbonyl (C=O) groups is 2. The quantitative estimate of drug-likeness (QED) is 0.865. The van der Waals surface area contributed by atoms with Crippen molar-refractivity contribution < 1.29 is 19.4 Å². The predicted octanol–water partition coefficient (Wildman–Crippen LogP) is 1.97. The van der Waals surface area contributed by atoms with Crippen LogP contribution in [-0.2, 0) is 0 Å². The van der Waals surface area contributed by atoms with Gasteiger partial charge in [-0.05, 0) is 32.0 Å². The molecule has 1 aromatic rings. The van der Waals surface area contributed by atoms with E-state index in [1.54, 1.807) is 17.0 Å². The van der Waals surface area contributed by atoms with Crippen LogP contribution in [0.15, 0.2) is 18.2 Å². The van der Waals surface area contributed by atoms with E-state index < -0.39 is 11.7 Å². The number of nitrogens with zero attached hydrogens (tertiary/aromatic N) is 1. The second-order valence-electron chi connectivity index (χ2n) is 5.29. The summed E-state index contributed by atoms with van der Waals surface area (Å²) in [5.74, 6) is -0.356. The Kier molecular flexibility index (Phi) is 2.64.